The standard InChI is InChI=1S/C18H19N5O2/c19-12-15-3-1-5-17(11-15)23(14-22-7-9-25-10-8-22)18(24)21-16-4-2-6-20-13-16/h1-6,11,13H,7-10,14H2,(H,21,24). The van der Waals surface area contributed by atoms with Crippen LogP contribution in [0.5, 0.6) is 0 Å². The first-order valence-electron chi connectivity index (χ1n) is 8.05. The molecule has 2 amide bonds. The van der Waals surface area contributed by atoms with Gasteiger partial charge in [-0.15, -0.1) is 0 Å². The largest absolute Gasteiger partial charge is 0.379 e. The van der Waals surface area contributed by atoms with E-state index in [9.17, 15) is 4.79 Å². The molecular formula is C18H19N5O2. The molecule has 2 aromatic rings. The third-order valence-electron chi connectivity index (χ3n) is 3.89. The Morgan fingerprint density at radius 3 is 2.88 bits per heavy atom. The smallest absolute Gasteiger partial charge is 0.327 e. The number of hydrogen-bond donors (Lipinski definition) is 1. The van der Waals surface area contributed by atoms with Crippen LogP contribution < -0.4 is 10.2 Å². The number of nitrogens with one attached hydrogen (secondary N) is 1. The molecule has 1 saturated heterocycles. The Bertz CT molecular complexity index is 754. The quantitative estimate of drug-likeness (QED) is 0.926. The molecule has 0 saturated carbocycles. The monoisotopic (exact) mass is 337 g/mol. The van der Waals surface area contributed by atoms with E-state index in [-0.39, 0.29) is 6.03 Å². The lowest BCUT2D eigenvalue weighted by molar-refractivity contribution is 0.0389. The Morgan fingerprint density at radius 1 is 1.32 bits per heavy atom. The number of nitriles is 1. The number of nitrogens with zero attached hydrogens (tertiary/aromatic N) is 4. The lowest BCUT2D eigenvalue weighted by atomic mass is 10.2. The van der Waals surface area contributed by atoms with Crippen molar-refractivity contribution in [1.29, 1.82) is 5.26 Å². The Morgan fingerprint density at radius 2 is 2.16 bits per heavy atom. The van der Waals surface area contributed by atoms with Crippen LogP contribution in [0.2, 0.25) is 0 Å². The average Bonchev–Trinajstić information content (AvgIpc) is 2.67. The first kappa shape index (κ1) is 16.9. The van der Waals surface area contributed by atoms with E-state index in [2.05, 4.69) is 21.3 Å². The van der Waals surface area contributed by atoms with E-state index in [0.717, 1.165) is 13.1 Å². The minimum Gasteiger partial charge on any atom is -0.379 e. The zero-order valence-electron chi connectivity index (χ0n) is 13.8. The van der Waals surface area contributed by atoms with Gasteiger partial charge >= 0.3 is 6.03 Å². The van der Waals surface area contributed by atoms with Gasteiger partial charge in [0.05, 0.1) is 43.4 Å². The van der Waals surface area contributed by atoms with Crippen LogP contribution in [0, 0.1) is 11.3 Å². The SMILES string of the molecule is N#Cc1cccc(N(CN2CCOCC2)C(=O)Nc2cccnc2)c1. The highest BCUT2D eigenvalue weighted by molar-refractivity contribution is 6.01. The summed E-state index contributed by atoms with van der Waals surface area (Å²) >= 11 is 0. The molecule has 1 N–H and O–H groups in total. The summed E-state index contributed by atoms with van der Waals surface area (Å²) in [7, 11) is 0. The summed E-state index contributed by atoms with van der Waals surface area (Å²) in [4.78, 5) is 20.6. The second-order valence-electron chi connectivity index (χ2n) is 5.63. The molecule has 128 valence electrons. The van der Waals surface area contributed by atoms with Crippen molar-refractivity contribution in [2.45, 2.75) is 0 Å². The Hall–Kier alpha value is -2.95. The van der Waals surface area contributed by atoms with Crippen molar-refractivity contribution in [3.05, 3.63) is 54.4 Å². The number of pyridine rings is 1. The average molecular weight is 337 g/mol. The van der Waals surface area contributed by atoms with Crippen molar-refractivity contribution in [1.82, 2.24) is 9.88 Å². The van der Waals surface area contributed by atoms with Gasteiger partial charge in [-0.25, -0.2) is 4.79 Å². The molecule has 0 unspecified atom stereocenters. The van der Waals surface area contributed by atoms with Gasteiger partial charge in [0.2, 0.25) is 0 Å². The van der Waals surface area contributed by atoms with Gasteiger partial charge < -0.3 is 10.1 Å². The Balaban J connectivity index is 1.82. The van der Waals surface area contributed by atoms with Crippen LogP contribution >= 0.6 is 0 Å². The van der Waals surface area contributed by atoms with E-state index in [4.69, 9.17) is 10.00 Å². The van der Waals surface area contributed by atoms with Crippen molar-refractivity contribution in [3.8, 4) is 6.07 Å². The van der Waals surface area contributed by atoms with Crippen LogP contribution in [0.4, 0.5) is 16.2 Å². The van der Waals surface area contributed by atoms with E-state index in [1.54, 1.807) is 47.6 Å². The van der Waals surface area contributed by atoms with Gasteiger partial charge in [-0.1, -0.05) is 6.07 Å². The van der Waals surface area contributed by atoms with E-state index in [1.807, 2.05) is 6.07 Å². The molecule has 3 rings (SSSR count). The van der Waals surface area contributed by atoms with Crippen LogP contribution in [-0.4, -0.2) is 48.9 Å². The number of ether oxygens (including phenoxy) is 1. The van der Waals surface area contributed by atoms with Crippen molar-refractivity contribution in [2.75, 3.05) is 43.2 Å². The molecule has 0 aliphatic carbocycles. The number of urea groups is 1. The maximum absolute atomic E-state index is 12.8. The minimum atomic E-state index is -0.269. The molecule has 0 bridgehead atoms. The highest BCUT2D eigenvalue weighted by atomic mass is 16.5. The lowest BCUT2D eigenvalue weighted by Gasteiger charge is -2.33. The molecule has 1 aromatic carbocycles. The maximum Gasteiger partial charge on any atom is 0.327 e. The second kappa shape index (κ2) is 8.24. The second-order valence-corrected chi connectivity index (χ2v) is 5.63. The molecule has 1 aromatic heterocycles. The van der Waals surface area contributed by atoms with E-state index < -0.39 is 0 Å². The van der Waals surface area contributed by atoms with Crippen molar-refractivity contribution in [3.63, 3.8) is 0 Å². The third-order valence-corrected chi connectivity index (χ3v) is 3.89. The molecule has 0 atom stereocenters. The van der Waals surface area contributed by atoms with Crippen molar-refractivity contribution in [2.24, 2.45) is 0 Å². The zero-order chi connectivity index (χ0) is 17.5. The van der Waals surface area contributed by atoms with Gasteiger partial charge in [0.15, 0.2) is 0 Å². The molecule has 1 aliphatic rings. The van der Waals surface area contributed by atoms with Crippen molar-refractivity contribution >= 4 is 17.4 Å². The fourth-order valence-corrected chi connectivity index (χ4v) is 2.58. The predicted molar refractivity (Wildman–Crippen MR) is 94.2 cm³/mol. The van der Waals surface area contributed by atoms with Gasteiger partial charge in [-0.3, -0.25) is 14.8 Å². The number of morpholine rings is 1. The molecule has 7 nitrogen and oxygen atoms in total. The minimum absolute atomic E-state index is 0.269. The number of hydrogen-bond acceptors (Lipinski definition) is 5. The first-order valence-corrected chi connectivity index (χ1v) is 8.05. The van der Waals surface area contributed by atoms with E-state index >= 15 is 0 Å². The van der Waals surface area contributed by atoms with Gasteiger partial charge in [0.1, 0.15) is 0 Å². The van der Waals surface area contributed by atoms with Gasteiger partial charge in [0, 0.05) is 25.0 Å². The zero-order valence-corrected chi connectivity index (χ0v) is 13.8. The fraction of sp³-hybridized carbons (Fsp3) is 0.278. The van der Waals surface area contributed by atoms with Crippen LogP contribution in [0.3, 0.4) is 0 Å². The van der Waals surface area contributed by atoms with Crippen LogP contribution in [0.15, 0.2) is 48.8 Å². The molecule has 0 radical (unpaired) electrons. The first-order chi connectivity index (χ1) is 12.3. The van der Waals surface area contributed by atoms with Crippen molar-refractivity contribution < 1.29 is 9.53 Å². The van der Waals surface area contributed by atoms with Gasteiger partial charge in [0.25, 0.3) is 0 Å². The van der Waals surface area contributed by atoms with Crippen LogP contribution in [0.25, 0.3) is 0 Å². The summed E-state index contributed by atoms with van der Waals surface area (Å²) in [5.74, 6) is 0. The van der Waals surface area contributed by atoms with E-state index in [1.165, 1.54) is 0 Å². The number of rotatable bonds is 4. The summed E-state index contributed by atoms with van der Waals surface area (Å²) in [5.41, 5.74) is 1.81. The summed E-state index contributed by atoms with van der Waals surface area (Å²) < 4.78 is 5.37. The van der Waals surface area contributed by atoms with Gasteiger partial charge in [-0.05, 0) is 30.3 Å². The number of anilines is 2. The number of aromatic nitrogens is 1. The van der Waals surface area contributed by atoms with Gasteiger partial charge in [-0.2, -0.15) is 5.26 Å². The molecule has 25 heavy (non-hydrogen) atoms. The molecule has 2 heterocycles. The van der Waals surface area contributed by atoms with E-state index in [0.29, 0.717) is 36.8 Å². The summed E-state index contributed by atoms with van der Waals surface area (Å²) in [5, 5.41) is 12.0. The summed E-state index contributed by atoms with van der Waals surface area (Å²) in [6.45, 7) is 3.24. The molecule has 0 spiro atoms. The number of benzene rings is 1. The van der Waals surface area contributed by atoms with Crippen LogP contribution in [-0.2, 0) is 4.74 Å². The summed E-state index contributed by atoms with van der Waals surface area (Å²) in [6, 6.07) is 12.4. The lowest BCUT2D eigenvalue weighted by Crippen LogP contribution is -2.47. The highest BCUT2D eigenvalue weighted by Crippen LogP contribution is 2.18. The fourth-order valence-electron chi connectivity index (χ4n) is 2.58. The molecule has 1 fully saturated rings. The molecular weight excluding hydrogens is 318 g/mol. The third kappa shape index (κ3) is 4.53. The maximum atomic E-state index is 12.8. The molecule has 1 aliphatic heterocycles. The molecule has 7 heteroatoms. The number of carbonyl (C=O) groups excluding carboxylic acids is 1. The Kier molecular flexibility index (Phi) is 5.57. The highest BCUT2D eigenvalue weighted by Gasteiger charge is 2.21. The predicted octanol–water partition coefficient (Wildman–Crippen LogP) is 2.28. The number of amides is 2. The summed E-state index contributed by atoms with van der Waals surface area (Å²) in [6.07, 6.45) is 3.24. The Labute approximate surface area is 146 Å². The van der Waals surface area contributed by atoms with Crippen LogP contribution in [0.1, 0.15) is 5.56 Å². The normalized spacial score (nSPS) is 14.5. The topological polar surface area (TPSA) is 81.5 Å². The number of carbonyl (C=O) groups is 1.